The molecular formula is C31H34N6O4. The number of unbranched alkanes of at least 4 members (excludes halogenated alkanes) is 1. The molecule has 1 amide bonds. The van der Waals surface area contributed by atoms with Crippen LogP contribution in [0.25, 0.3) is 22.5 Å². The minimum atomic E-state index is -1.16. The molecule has 1 aliphatic carbocycles. The molecule has 41 heavy (non-hydrogen) atoms. The summed E-state index contributed by atoms with van der Waals surface area (Å²) in [5.74, 6) is 0.681. The third-order valence-corrected chi connectivity index (χ3v) is 7.69. The zero-order chi connectivity index (χ0) is 28.7. The van der Waals surface area contributed by atoms with Crippen molar-refractivity contribution in [1.82, 2.24) is 30.5 Å². The molecule has 0 radical (unpaired) electrons. The number of rotatable bonds is 11. The van der Waals surface area contributed by atoms with E-state index in [9.17, 15) is 14.7 Å². The molecule has 0 saturated heterocycles. The highest BCUT2D eigenvalue weighted by Gasteiger charge is 2.46. The SMILES string of the molecule is CCCCC(=O)N(Cc1ccc(-c2cc(Oc3cccnc3)ccc2-c2nn[nH]n2)cc1)C1(C(=O)O)CCCCC1. The fourth-order valence-electron chi connectivity index (χ4n) is 5.49. The van der Waals surface area contributed by atoms with Gasteiger partial charge in [-0.3, -0.25) is 9.78 Å². The number of nitrogens with zero attached hydrogens (tertiary/aromatic N) is 5. The van der Waals surface area contributed by atoms with Gasteiger partial charge in [0, 0.05) is 24.7 Å². The number of hydrogen-bond donors (Lipinski definition) is 2. The number of aromatic nitrogens is 5. The van der Waals surface area contributed by atoms with E-state index in [4.69, 9.17) is 4.74 Å². The van der Waals surface area contributed by atoms with Gasteiger partial charge in [-0.1, -0.05) is 56.9 Å². The molecule has 10 nitrogen and oxygen atoms in total. The maximum Gasteiger partial charge on any atom is 0.329 e. The fourth-order valence-corrected chi connectivity index (χ4v) is 5.49. The third-order valence-electron chi connectivity index (χ3n) is 7.69. The van der Waals surface area contributed by atoms with Crippen molar-refractivity contribution in [2.24, 2.45) is 0 Å². The maximum atomic E-state index is 13.4. The zero-order valence-corrected chi connectivity index (χ0v) is 23.1. The predicted octanol–water partition coefficient (Wildman–Crippen LogP) is 6.03. The van der Waals surface area contributed by atoms with E-state index in [0.29, 0.717) is 36.6 Å². The Hall–Kier alpha value is -4.60. The Morgan fingerprint density at radius 2 is 1.83 bits per heavy atom. The number of hydrogen-bond acceptors (Lipinski definition) is 7. The van der Waals surface area contributed by atoms with Crippen LogP contribution in [0.15, 0.2) is 67.0 Å². The van der Waals surface area contributed by atoms with Crippen LogP contribution in [0.3, 0.4) is 0 Å². The molecule has 1 fully saturated rings. The zero-order valence-electron chi connectivity index (χ0n) is 23.1. The predicted molar refractivity (Wildman–Crippen MR) is 153 cm³/mol. The van der Waals surface area contributed by atoms with Gasteiger partial charge in [-0.2, -0.15) is 5.21 Å². The molecule has 4 aromatic rings. The lowest BCUT2D eigenvalue weighted by molar-refractivity contribution is -0.163. The molecule has 0 atom stereocenters. The number of nitrogens with one attached hydrogen (secondary N) is 1. The van der Waals surface area contributed by atoms with E-state index in [1.165, 1.54) is 0 Å². The average Bonchev–Trinajstić information content (AvgIpc) is 3.55. The topological polar surface area (TPSA) is 134 Å². The number of aliphatic carboxylic acids is 1. The Balaban J connectivity index is 1.46. The van der Waals surface area contributed by atoms with Gasteiger partial charge < -0.3 is 14.7 Å². The molecule has 5 rings (SSSR count). The maximum absolute atomic E-state index is 13.4. The van der Waals surface area contributed by atoms with Crippen LogP contribution in [-0.4, -0.2) is 53.0 Å². The average molecular weight is 555 g/mol. The number of benzene rings is 2. The van der Waals surface area contributed by atoms with Crippen LogP contribution in [0.4, 0.5) is 0 Å². The van der Waals surface area contributed by atoms with Crippen LogP contribution >= 0.6 is 0 Å². The monoisotopic (exact) mass is 554 g/mol. The summed E-state index contributed by atoms with van der Waals surface area (Å²) in [5, 5.41) is 24.9. The Morgan fingerprint density at radius 3 is 2.49 bits per heavy atom. The number of carbonyl (C=O) groups excluding carboxylic acids is 1. The van der Waals surface area contributed by atoms with Crippen LogP contribution < -0.4 is 4.74 Å². The highest BCUT2D eigenvalue weighted by molar-refractivity contribution is 5.87. The molecule has 0 spiro atoms. The number of ether oxygens (including phenoxy) is 1. The summed E-state index contributed by atoms with van der Waals surface area (Å²) in [4.78, 5) is 31.7. The lowest BCUT2D eigenvalue weighted by atomic mass is 9.79. The van der Waals surface area contributed by atoms with Gasteiger partial charge in [0.25, 0.3) is 0 Å². The first-order chi connectivity index (χ1) is 20.0. The summed E-state index contributed by atoms with van der Waals surface area (Å²) >= 11 is 0. The summed E-state index contributed by atoms with van der Waals surface area (Å²) in [7, 11) is 0. The highest BCUT2D eigenvalue weighted by Crippen LogP contribution is 2.37. The first-order valence-corrected chi connectivity index (χ1v) is 14.1. The van der Waals surface area contributed by atoms with Crippen molar-refractivity contribution in [1.29, 1.82) is 0 Å². The molecule has 2 heterocycles. The van der Waals surface area contributed by atoms with Crippen molar-refractivity contribution in [3.05, 3.63) is 72.6 Å². The molecule has 2 N–H and O–H groups in total. The van der Waals surface area contributed by atoms with Crippen LogP contribution in [0, 0.1) is 0 Å². The second kappa shape index (κ2) is 12.7. The van der Waals surface area contributed by atoms with Gasteiger partial charge in [0.2, 0.25) is 11.7 Å². The van der Waals surface area contributed by atoms with Gasteiger partial charge in [-0.25, -0.2) is 4.79 Å². The summed E-state index contributed by atoms with van der Waals surface area (Å²) in [6, 6.07) is 17.1. The largest absolute Gasteiger partial charge is 0.479 e. The highest BCUT2D eigenvalue weighted by atomic mass is 16.5. The molecular weight excluding hydrogens is 520 g/mol. The van der Waals surface area contributed by atoms with Gasteiger partial charge in [-0.05, 0) is 71.5 Å². The van der Waals surface area contributed by atoms with Crippen LogP contribution in [-0.2, 0) is 16.1 Å². The Morgan fingerprint density at radius 1 is 1.02 bits per heavy atom. The van der Waals surface area contributed by atoms with Crippen molar-refractivity contribution in [3.63, 3.8) is 0 Å². The van der Waals surface area contributed by atoms with Crippen molar-refractivity contribution < 1.29 is 19.4 Å². The quantitative estimate of drug-likeness (QED) is 0.230. The minimum absolute atomic E-state index is 0.0973. The van der Waals surface area contributed by atoms with E-state index in [1.807, 2.05) is 55.5 Å². The lowest BCUT2D eigenvalue weighted by Gasteiger charge is -2.43. The van der Waals surface area contributed by atoms with Gasteiger partial charge in [0.1, 0.15) is 17.0 Å². The van der Waals surface area contributed by atoms with Crippen molar-refractivity contribution in [3.8, 4) is 34.0 Å². The molecule has 0 bridgehead atoms. The van der Waals surface area contributed by atoms with Gasteiger partial charge in [0.05, 0.1) is 6.20 Å². The van der Waals surface area contributed by atoms with Crippen molar-refractivity contribution >= 4 is 11.9 Å². The Kier molecular flexibility index (Phi) is 8.67. The lowest BCUT2D eigenvalue weighted by Crippen LogP contribution is -2.57. The number of amides is 1. The minimum Gasteiger partial charge on any atom is -0.479 e. The van der Waals surface area contributed by atoms with E-state index in [0.717, 1.165) is 54.4 Å². The molecule has 0 unspecified atom stereocenters. The van der Waals surface area contributed by atoms with E-state index in [2.05, 4.69) is 25.6 Å². The summed E-state index contributed by atoms with van der Waals surface area (Å²) in [5.41, 5.74) is 2.21. The van der Waals surface area contributed by atoms with E-state index < -0.39 is 11.5 Å². The van der Waals surface area contributed by atoms with E-state index >= 15 is 0 Å². The van der Waals surface area contributed by atoms with E-state index in [1.54, 1.807) is 23.4 Å². The number of carboxylic acids is 1. The number of aromatic amines is 1. The van der Waals surface area contributed by atoms with Crippen LogP contribution in [0.2, 0.25) is 0 Å². The molecule has 1 aliphatic rings. The first-order valence-electron chi connectivity index (χ1n) is 14.1. The Labute approximate surface area is 238 Å². The van der Waals surface area contributed by atoms with Crippen molar-refractivity contribution in [2.45, 2.75) is 70.4 Å². The number of carboxylic acid groups (broad SMARTS) is 1. The normalized spacial score (nSPS) is 14.4. The first kappa shape index (κ1) is 27.9. The third kappa shape index (κ3) is 6.26. The van der Waals surface area contributed by atoms with Crippen molar-refractivity contribution in [2.75, 3.05) is 0 Å². The summed E-state index contributed by atoms with van der Waals surface area (Å²) in [6.45, 7) is 2.28. The number of carbonyl (C=O) groups is 2. The summed E-state index contributed by atoms with van der Waals surface area (Å²) in [6.07, 6.45) is 8.86. The molecule has 10 heteroatoms. The second-order valence-electron chi connectivity index (χ2n) is 10.4. The van der Waals surface area contributed by atoms with Gasteiger partial charge in [-0.15, -0.1) is 10.2 Å². The Bertz CT molecular complexity index is 1450. The number of pyridine rings is 1. The van der Waals surface area contributed by atoms with E-state index in [-0.39, 0.29) is 12.5 Å². The second-order valence-corrected chi connectivity index (χ2v) is 10.4. The molecule has 1 saturated carbocycles. The molecule has 0 aliphatic heterocycles. The standard InChI is InChI=1S/C31H34N6O4/c1-2-3-9-28(38)37(31(30(39)40)16-5-4-6-17-31)21-22-10-12-23(13-11-22)27-19-24(41-25-8-7-18-32-20-25)14-15-26(27)29-33-35-36-34-29/h7-8,10-15,18-20H,2-6,9,16-17,21H2,1H3,(H,39,40)(H,33,34,35,36). The van der Waals surface area contributed by atoms with Gasteiger partial charge in [0.15, 0.2) is 0 Å². The molecule has 2 aromatic heterocycles. The molecule has 2 aromatic carbocycles. The summed E-state index contributed by atoms with van der Waals surface area (Å²) < 4.78 is 6.02. The number of tetrazole rings is 1. The van der Waals surface area contributed by atoms with Crippen LogP contribution in [0.1, 0.15) is 63.9 Å². The van der Waals surface area contributed by atoms with Gasteiger partial charge >= 0.3 is 5.97 Å². The fraction of sp³-hybridized carbons (Fsp3) is 0.355. The number of H-pyrrole nitrogens is 1. The van der Waals surface area contributed by atoms with Crippen LogP contribution in [0.5, 0.6) is 11.5 Å². The molecule has 212 valence electrons. The smallest absolute Gasteiger partial charge is 0.329 e.